The average Bonchev–Trinajstić information content (AvgIpc) is 3.76. The van der Waals surface area contributed by atoms with Crippen molar-refractivity contribution in [1.29, 1.82) is 0 Å². The van der Waals surface area contributed by atoms with Crippen LogP contribution in [-0.4, -0.2) is 44.8 Å². The van der Waals surface area contributed by atoms with E-state index in [1.54, 1.807) is 35.3 Å². The molecule has 43 heavy (non-hydrogen) atoms. The molecule has 14 heteroatoms. The summed E-state index contributed by atoms with van der Waals surface area (Å²) in [6, 6.07) is 9.31. The van der Waals surface area contributed by atoms with Crippen LogP contribution in [0.15, 0.2) is 79.9 Å². The summed E-state index contributed by atoms with van der Waals surface area (Å²) in [5.74, 6) is -1.24. The number of tetrazole rings is 1. The summed E-state index contributed by atoms with van der Waals surface area (Å²) in [5, 5.41) is 33.2. The van der Waals surface area contributed by atoms with Gasteiger partial charge in [-0.05, 0) is 46.3 Å². The number of hydrogen-bond acceptors (Lipinski definition) is 7. The minimum absolute atomic E-state index is 0.0513. The second-order valence-corrected chi connectivity index (χ2v) is 11.4. The molecule has 6 aromatic rings. The molecule has 0 saturated carbocycles. The van der Waals surface area contributed by atoms with Crippen molar-refractivity contribution in [2.24, 2.45) is 0 Å². The first-order valence-corrected chi connectivity index (χ1v) is 13.6. The molecule has 0 bridgehead atoms. The third-order valence-electron chi connectivity index (χ3n) is 6.99. The monoisotopic (exact) mass is 602 g/mol. The third kappa shape index (κ3) is 5.58. The molecule has 0 aliphatic rings. The van der Waals surface area contributed by atoms with Crippen LogP contribution in [0.3, 0.4) is 0 Å². The number of hydrogen-bond donors (Lipinski definition) is 0. The largest absolute Gasteiger partial charge is 0.618 e. The van der Waals surface area contributed by atoms with Gasteiger partial charge in [-0.1, -0.05) is 32.4 Å². The molecular formula is C29H25ClF2N10O. The summed E-state index contributed by atoms with van der Waals surface area (Å²) in [6.45, 7) is 6.34. The van der Waals surface area contributed by atoms with Crippen molar-refractivity contribution in [2.75, 3.05) is 0 Å². The van der Waals surface area contributed by atoms with Crippen molar-refractivity contribution in [2.45, 2.75) is 38.8 Å². The number of rotatable bonds is 7. The van der Waals surface area contributed by atoms with Gasteiger partial charge in [0.15, 0.2) is 23.9 Å². The number of benzene rings is 1. The first-order chi connectivity index (χ1) is 20.6. The molecule has 5 aromatic heterocycles. The van der Waals surface area contributed by atoms with Crippen LogP contribution >= 0.6 is 11.6 Å². The highest BCUT2D eigenvalue weighted by Crippen LogP contribution is 2.34. The molecule has 1 atom stereocenters. The fourth-order valence-electron chi connectivity index (χ4n) is 4.78. The fraction of sp³-hybridized carbons (Fsp3) is 0.207. The molecule has 0 fully saturated rings. The first-order valence-electron chi connectivity index (χ1n) is 13.2. The Hall–Kier alpha value is -5.04. The van der Waals surface area contributed by atoms with Crippen molar-refractivity contribution in [3.8, 4) is 27.9 Å². The molecule has 0 aliphatic heterocycles. The lowest BCUT2D eigenvalue weighted by Gasteiger charge is -2.19. The fourth-order valence-corrected chi connectivity index (χ4v) is 4.94. The molecule has 0 aliphatic carbocycles. The molecule has 0 spiro atoms. The Kier molecular flexibility index (Phi) is 7.18. The SMILES string of the molecule is CC(C)(C)c1cc(-c2cnn(C(Cn3cc(F)cn3)c3ccc(-c4c(-n5cnnn5)ccc(Cl)c4F)c[n+]3[O-])c2)ccn1. The van der Waals surface area contributed by atoms with Crippen LogP contribution in [0.1, 0.15) is 38.2 Å². The predicted molar refractivity (Wildman–Crippen MR) is 153 cm³/mol. The average molecular weight is 603 g/mol. The van der Waals surface area contributed by atoms with E-state index in [1.807, 2.05) is 18.3 Å². The maximum Gasteiger partial charge on any atom is 0.219 e. The quantitative estimate of drug-likeness (QED) is 0.188. The highest BCUT2D eigenvalue weighted by Gasteiger charge is 2.27. The number of aromatic nitrogens is 10. The van der Waals surface area contributed by atoms with E-state index in [-0.39, 0.29) is 33.8 Å². The zero-order valence-electron chi connectivity index (χ0n) is 23.3. The molecule has 5 heterocycles. The van der Waals surface area contributed by atoms with Gasteiger partial charge in [-0.2, -0.15) is 19.6 Å². The van der Waals surface area contributed by atoms with E-state index in [4.69, 9.17) is 11.6 Å². The van der Waals surface area contributed by atoms with Gasteiger partial charge >= 0.3 is 0 Å². The molecule has 0 radical (unpaired) electrons. The van der Waals surface area contributed by atoms with Crippen LogP contribution in [0.5, 0.6) is 0 Å². The van der Waals surface area contributed by atoms with Crippen LogP contribution in [0.4, 0.5) is 8.78 Å². The van der Waals surface area contributed by atoms with Gasteiger partial charge in [0.1, 0.15) is 6.33 Å². The Morgan fingerprint density at radius 2 is 1.84 bits per heavy atom. The molecular weight excluding hydrogens is 578 g/mol. The second kappa shape index (κ2) is 11.0. The van der Waals surface area contributed by atoms with Gasteiger partial charge in [0.2, 0.25) is 5.69 Å². The lowest BCUT2D eigenvalue weighted by Crippen LogP contribution is -2.37. The smallest absolute Gasteiger partial charge is 0.219 e. The van der Waals surface area contributed by atoms with Crippen LogP contribution in [0.25, 0.3) is 27.9 Å². The molecule has 0 amide bonds. The lowest BCUT2D eigenvalue weighted by molar-refractivity contribution is -0.615. The van der Waals surface area contributed by atoms with E-state index in [0.717, 1.165) is 23.0 Å². The zero-order valence-corrected chi connectivity index (χ0v) is 24.1. The van der Waals surface area contributed by atoms with Gasteiger partial charge < -0.3 is 5.21 Å². The van der Waals surface area contributed by atoms with Gasteiger partial charge in [0.05, 0.1) is 47.0 Å². The zero-order chi connectivity index (χ0) is 30.3. The standard InChI is InChI=1S/C29H25ClF2N10O/c1-29(2,3)26-10-18(8-9-33-26)20-11-36-40(13-20)25(16-39-15-21(31)12-35-39)23-6-4-19(14-42(23)43)27-24(41-17-34-37-38-41)7-5-22(30)28(27)32/h4-15,17,25H,16H2,1-3H3. The van der Waals surface area contributed by atoms with E-state index in [1.165, 1.54) is 34.2 Å². The van der Waals surface area contributed by atoms with E-state index in [2.05, 4.69) is 51.5 Å². The van der Waals surface area contributed by atoms with Crippen LogP contribution in [0.2, 0.25) is 5.02 Å². The maximum absolute atomic E-state index is 15.4. The minimum Gasteiger partial charge on any atom is -0.618 e. The first kappa shape index (κ1) is 28.1. The Labute approximate surface area is 249 Å². The molecule has 1 unspecified atom stereocenters. The lowest BCUT2D eigenvalue weighted by atomic mass is 9.90. The van der Waals surface area contributed by atoms with E-state index >= 15 is 4.39 Å². The molecule has 11 nitrogen and oxygen atoms in total. The Balaban J connectivity index is 1.42. The van der Waals surface area contributed by atoms with E-state index in [0.29, 0.717) is 10.4 Å². The third-order valence-corrected chi connectivity index (χ3v) is 7.28. The van der Waals surface area contributed by atoms with Gasteiger partial charge in [0, 0.05) is 35.1 Å². The van der Waals surface area contributed by atoms with Crippen molar-refractivity contribution in [3.63, 3.8) is 0 Å². The summed E-state index contributed by atoms with van der Waals surface area (Å²) < 4.78 is 34.1. The van der Waals surface area contributed by atoms with E-state index < -0.39 is 17.7 Å². The van der Waals surface area contributed by atoms with Gasteiger partial charge in [-0.25, -0.2) is 8.78 Å². The molecule has 218 valence electrons. The van der Waals surface area contributed by atoms with Crippen molar-refractivity contribution in [3.05, 3.63) is 113 Å². The summed E-state index contributed by atoms with van der Waals surface area (Å²) in [4.78, 5) is 4.50. The summed E-state index contributed by atoms with van der Waals surface area (Å²) in [5.41, 5.74) is 3.36. The predicted octanol–water partition coefficient (Wildman–Crippen LogP) is 4.94. The van der Waals surface area contributed by atoms with Gasteiger partial charge in [-0.15, -0.1) is 5.10 Å². The highest BCUT2D eigenvalue weighted by molar-refractivity contribution is 6.31. The molecule has 1 aromatic carbocycles. The van der Waals surface area contributed by atoms with Crippen molar-refractivity contribution < 1.29 is 13.5 Å². The second-order valence-electron chi connectivity index (χ2n) is 11.0. The number of halogens is 3. The molecule has 0 saturated heterocycles. The van der Waals surface area contributed by atoms with Crippen LogP contribution in [0, 0.1) is 16.8 Å². The topological polar surface area (TPSA) is 119 Å². The summed E-state index contributed by atoms with van der Waals surface area (Å²) in [6.07, 6.45) is 10.1. The van der Waals surface area contributed by atoms with Gasteiger partial charge in [-0.3, -0.25) is 14.3 Å². The number of pyridine rings is 2. The van der Waals surface area contributed by atoms with Crippen molar-refractivity contribution >= 4 is 11.6 Å². The van der Waals surface area contributed by atoms with Gasteiger partial charge in [0.25, 0.3) is 0 Å². The summed E-state index contributed by atoms with van der Waals surface area (Å²) in [7, 11) is 0. The highest BCUT2D eigenvalue weighted by atomic mass is 35.5. The van der Waals surface area contributed by atoms with Crippen LogP contribution in [-0.2, 0) is 12.0 Å². The molecule has 6 rings (SSSR count). The Bertz CT molecular complexity index is 1910. The maximum atomic E-state index is 15.4. The Morgan fingerprint density at radius 1 is 1.00 bits per heavy atom. The minimum atomic E-state index is -0.727. The molecule has 0 N–H and O–H groups in total. The number of nitrogens with zero attached hydrogens (tertiary/aromatic N) is 10. The van der Waals surface area contributed by atoms with E-state index in [9.17, 15) is 9.60 Å². The Morgan fingerprint density at radius 3 is 2.53 bits per heavy atom. The van der Waals surface area contributed by atoms with Crippen molar-refractivity contribution in [1.82, 2.24) is 44.8 Å². The summed E-state index contributed by atoms with van der Waals surface area (Å²) >= 11 is 6.10. The van der Waals surface area contributed by atoms with Crippen LogP contribution < -0.4 is 4.73 Å². The normalized spacial score (nSPS) is 12.5.